The molecule has 0 saturated carbocycles. The maximum atomic E-state index is 12.3. The van der Waals surface area contributed by atoms with Gasteiger partial charge in [0.15, 0.2) is 0 Å². The lowest BCUT2D eigenvalue weighted by Gasteiger charge is -2.27. The van der Waals surface area contributed by atoms with Gasteiger partial charge in [-0.05, 0) is 29.9 Å². The molecule has 1 aromatic heterocycles. The topological polar surface area (TPSA) is 89.1 Å². The summed E-state index contributed by atoms with van der Waals surface area (Å²) < 4.78 is 16.4. The minimum absolute atomic E-state index is 0.152. The number of hydrogen-bond acceptors (Lipinski definition) is 7. The predicted molar refractivity (Wildman–Crippen MR) is 125 cm³/mol. The van der Waals surface area contributed by atoms with Gasteiger partial charge in [0, 0.05) is 36.6 Å². The first-order valence-corrected chi connectivity index (χ1v) is 11.2. The number of benzene rings is 1. The molecule has 0 bridgehead atoms. The van der Waals surface area contributed by atoms with Crippen molar-refractivity contribution in [3.63, 3.8) is 0 Å². The predicted octanol–water partition coefficient (Wildman–Crippen LogP) is 2.93. The second kappa shape index (κ2) is 11.5. The first-order valence-electron chi connectivity index (χ1n) is 10.4. The number of hydrogen-bond donors (Lipinski definition) is 2. The molecule has 9 heteroatoms. The summed E-state index contributed by atoms with van der Waals surface area (Å²) in [7, 11) is 4.83. The third-order valence-electron chi connectivity index (χ3n) is 5.19. The number of nitrogens with one attached hydrogen (secondary N) is 2. The summed E-state index contributed by atoms with van der Waals surface area (Å²) in [6, 6.07) is 7.19. The van der Waals surface area contributed by atoms with E-state index in [2.05, 4.69) is 16.7 Å². The molecule has 1 aliphatic heterocycles. The van der Waals surface area contributed by atoms with Gasteiger partial charge in [0.25, 0.3) is 0 Å². The Morgan fingerprint density at radius 3 is 2.44 bits per heavy atom. The highest BCUT2D eigenvalue weighted by molar-refractivity contribution is 7.09. The van der Waals surface area contributed by atoms with Crippen molar-refractivity contribution in [3.05, 3.63) is 46.2 Å². The molecule has 2 heterocycles. The van der Waals surface area contributed by atoms with E-state index >= 15 is 0 Å². The fraction of sp³-hybridized carbons (Fsp3) is 0.391. The Bertz CT molecular complexity index is 934. The van der Waals surface area contributed by atoms with Crippen molar-refractivity contribution in [3.8, 4) is 17.2 Å². The van der Waals surface area contributed by atoms with Crippen LogP contribution in [-0.4, -0.2) is 64.3 Å². The van der Waals surface area contributed by atoms with Crippen LogP contribution in [0, 0.1) is 0 Å². The van der Waals surface area contributed by atoms with Gasteiger partial charge < -0.3 is 19.5 Å². The first-order chi connectivity index (χ1) is 15.5. The van der Waals surface area contributed by atoms with Crippen molar-refractivity contribution >= 4 is 28.8 Å². The van der Waals surface area contributed by atoms with Crippen LogP contribution in [0.3, 0.4) is 0 Å². The zero-order chi connectivity index (χ0) is 22.9. The molecule has 0 spiro atoms. The smallest absolute Gasteiger partial charge is 0.321 e. The van der Waals surface area contributed by atoms with Gasteiger partial charge in [0.2, 0.25) is 5.91 Å². The lowest BCUT2D eigenvalue weighted by molar-refractivity contribution is -0.121. The average molecular weight is 460 g/mol. The Balaban J connectivity index is 1.52. The molecule has 0 saturated heterocycles. The maximum Gasteiger partial charge on any atom is 0.321 e. The van der Waals surface area contributed by atoms with Gasteiger partial charge in [-0.15, -0.1) is 11.3 Å². The fourth-order valence-corrected chi connectivity index (χ4v) is 4.28. The van der Waals surface area contributed by atoms with E-state index in [9.17, 15) is 9.59 Å². The molecule has 1 aliphatic rings. The SMILES string of the molecule is COc1cc(OC)c(C2=CCN(CC(=O)NC(=O)NCCc3cccs3)CC2)c(OC)c1. The van der Waals surface area contributed by atoms with Crippen LogP contribution in [0.1, 0.15) is 16.9 Å². The molecule has 0 unspecified atom stereocenters. The van der Waals surface area contributed by atoms with Gasteiger partial charge >= 0.3 is 6.03 Å². The maximum absolute atomic E-state index is 12.3. The molecule has 8 nitrogen and oxygen atoms in total. The highest BCUT2D eigenvalue weighted by Crippen LogP contribution is 2.40. The minimum Gasteiger partial charge on any atom is -0.496 e. The lowest BCUT2D eigenvalue weighted by Crippen LogP contribution is -2.45. The van der Waals surface area contributed by atoms with Crippen molar-refractivity contribution in [2.75, 3.05) is 47.5 Å². The van der Waals surface area contributed by atoms with Crippen LogP contribution in [0.25, 0.3) is 5.57 Å². The van der Waals surface area contributed by atoms with E-state index in [1.807, 2.05) is 34.5 Å². The van der Waals surface area contributed by atoms with Crippen molar-refractivity contribution in [2.45, 2.75) is 12.8 Å². The van der Waals surface area contributed by atoms with Crippen molar-refractivity contribution in [2.24, 2.45) is 0 Å². The highest BCUT2D eigenvalue weighted by atomic mass is 32.1. The standard InChI is InChI=1S/C23H29N3O5S/c1-29-17-13-19(30-2)22(20(14-17)31-3)16-7-10-26(11-8-16)15-21(27)25-23(28)24-9-6-18-5-4-12-32-18/h4-5,7,12-14H,6,8-11,15H2,1-3H3,(H2,24,25,27,28). The number of carbonyl (C=O) groups is 2. The van der Waals surface area contributed by atoms with Gasteiger partial charge in [-0.3, -0.25) is 15.0 Å². The van der Waals surface area contributed by atoms with Crippen LogP contribution in [0.5, 0.6) is 17.2 Å². The zero-order valence-corrected chi connectivity index (χ0v) is 19.4. The molecule has 0 fully saturated rings. The van der Waals surface area contributed by atoms with E-state index in [4.69, 9.17) is 14.2 Å². The van der Waals surface area contributed by atoms with Crippen molar-refractivity contribution in [1.82, 2.24) is 15.5 Å². The largest absolute Gasteiger partial charge is 0.496 e. The lowest BCUT2D eigenvalue weighted by atomic mass is 9.97. The third kappa shape index (κ3) is 6.24. The molecule has 0 aliphatic carbocycles. The Morgan fingerprint density at radius 1 is 1.12 bits per heavy atom. The Kier molecular flexibility index (Phi) is 8.52. The first kappa shape index (κ1) is 23.6. The fourth-order valence-electron chi connectivity index (χ4n) is 3.57. The molecule has 172 valence electrons. The quantitative estimate of drug-likeness (QED) is 0.599. The third-order valence-corrected chi connectivity index (χ3v) is 6.12. The zero-order valence-electron chi connectivity index (χ0n) is 18.6. The second-order valence-corrected chi connectivity index (χ2v) is 8.29. The summed E-state index contributed by atoms with van der Waals surface area (Å²) in [5.41, 5.74) is 1.98. The van der Waals surface area contributed by atoms with Crippen LogP contribution in [-0.2, 0) is 11.2 Å². The van der Waals surface area contributed by atoms with Crippen LogP contribution >= 0.6 is 11.3 Å². The number of amides is 3. The number of methoxy groups -OCH3 is 3. The van der Waals surface area contributed by atoms with E-state index < -0.39 is 6.03 Å². The van der Waals surface area contributed by atoms with Gasteiger partial charge in [-0.1, -0.05) is 12.1 Å². The van der Waals surface area contributed by atoms with Crippen molar-refractivity contribution in [1.29, 1.82) is 0 Å². The van der Waals surface area contributed by atoms with Gasteiger partial charge in [-0.25, -0.2) is 4.79 Å². The molecular weight excluding hydrogens is 430 g/mol. The van der Waals surface area contributed by atoms with Crippen LogP contribution in [0.15, 0.2) is 35.7 Å². The monoisotopic (exact) mass is 459 g/mol. The molecule has 2 N–H and O–H groups in total. The van der Waals surface area contributed by atoms with Crippen LogP contribution < -0.4 is 24.8 Å². The van der Waals surface area contributed by atoms with E-state index in [0.29, 0.717) is 36.9 Å². The number of ether oxygens (including phenoxy) is 3. The summed E-state index contributed by atoms with van der Waals surface area (Å²) in [6.45, 7) is 1.90. The summed E-state index contributed by atoms with van der Waals surface area (Å²) in [4.78, 5) is 27.4. The summed E-state index contributed by atoms with van der Waals surface area (Å²) in [5.74, 6) is 1.69. The Hall–Kier alpha value is -3.04. The Labute approximate surface area is 192 Å². The van der Waals surface area contributed by atoms with E-state index in [1.165, 1.54) is 4.88 Å². The van der Waals surface area contributed by atoms with E-state index in [1.54, 1.807) is 32.7 Å². The van der Waals surface area contributed by atoms with Gasteiger partial charge in [-0.2, -0.15) is 0 Å². The number of urea groups is 1. The van der Waals surface area contributed by atoms with Gasteiger partial charge in [0.1, 0.15) is 17.2 Å². The number of rotatable bonds is 9. The molecule has 32 heavy (non-hydrogen) atoms. The highest BCUT2D eigenvalue weighted by Gasteiger charge is 2.22. The van der Waals surface area contributed by atoms with Crippen molar-refractivity contribution < 1.29 is 23.8 Å². The molecule has 3 amide bonds. The number of thiophene rings is 1. The summed E-state index contributed by atoms with van der Waals surface area (Å²) >= 11 is 1.64. The molecule has 1 aromatic carbocycles. The van der Waals surface area contributed by atoms with Crippen LogP contribution in [0.4, 0.5) is 4.79 Å². The number of imide groups is 1. The molecule has 0 radical (unpaired) electrons. The normalized spacial score (nSPS) is 13.8. The molecular formula is C23H29N3O5S. The number of nitrogens with zero attached hydrogens (tertiary/aromatic N) is 1. The molecule has 2 aromatic rings. The summed E-state index contributed by atoms with van der Waals surface area (Å²) in [5, 5.41) is 7.12. The van der Waals surface area contributed by atoms with Gasteiger partial charge in [0.05, 0.1) is 33.4 Å². The molecule has 3 rings (SSSR count). The minimum atomic E-state index is -0.465. The molecule has 0 atom stereocenters. The van der Waals surface area contributed by atoms with E-state index in [-0.39, 0.29) is 12.5 Å². The van der Waals surface area contributed by atoms with Crippen LogP contribution in [0.2, 0.25) is 0 Å². The van der Waals surface area contributed by atoms with E-state index in [0.717, 1.165) is 24.0 Å². The number of carbonyl (C=O) groups excluding carboxylic acids is 2. The summed E-state index contributed by atoms with van der Waals surface area (Å²) in [6.07, 6.45) is 3.53. The average Bonchev–Trinajstić information content (AvgIpc) is 3.32. The second-order valence-electron chi connectivity index (χ2n) is 7.25. The Morgan fingerprint density at radius 2 is 1.88 bits per heavy atom.